The maximum atomic E-state index is 4.22. The van der Waals surface area contributed by atoms with Gasteiger partial charge in [0.25, 0.3) is 0 Å². The molecule has 0 spiro atoms. The third-order valence-electron chi connectivity index (χ3n) is 2.25. The van der Waals surface area contributed by atoms with Crippen LogP contribution in [-0.2, 0) is 0 Å². The fourth-order valence-corrected chi connectivity index (χ4v) is 1.55. The molecule has 2 heterocycles. The van der Waals surface area contributed by atoms with Crippen LogP contribution >= 0.6 is 0 Å². The Morgan fingerprint density at radius 3 is 3.12 bits per heavy atom. The Kier molecular flexibility index (Phi) is 3.35. The minimum absolute atomic E-state index is 0.756. The number of rotatable bonds is 4. The molecule has 0 aliphatic carbocycles. The minimum atomic E-state index is 0.756. The Labute approximate surface area is 99.8 Å². The largest absolute Gasteiger partial charge is 0.357 e. The van der Waals surface area contributed by atoms with E-state index in [0.29, 0.717) is 0 Å². The van der Waals surface area contributed by atoms with Gasteiger partial charge >= 0.3 is 0 Å². The molecule has 0 aliphatic heterocycles. The summed E-state index contributed by atoms with van der Waals surface area (Å²) in [6.07, 6.45) is 10.9. The Bertz CT molecular complexity index is 578. The van der Waals surface area contributed by atoms with Gasteiger partial charge in [-0.1, -0.05) is 18.7 Å². The number of hydrogen-bond acceptors (Lipinski definition) is 3. The van der Waals surface area contributed by atoms with E-state index < -0.39 is 0 Å². The molecule has 0 amide bonds. The highest BCUT2D eigenvalue weighted by molar-refractivity contribution is 5.86. The molecular formula is C13H14N4. The van der Waals surface area contributed by atoms with Crippen molar-refractivity contribution in [2.24, 2.45) is 0 Å². The number of nitrogens with one attached hydrogen (secondary N) is 2. The Morgan fingerprint density at radius 1 is 1.47 bits per heavy atom. The molecule has 0 saturated heterocycles. The van der Waals surface area contributed by atoms with E-state index in [0.717, 1.165) is 22.5 Å². The van der Waals surface area contributed by atoms with Crippen molar-refractivity contribution < 1.29 is 0 Å². The first-order valence-electron chi connectivity index (χ1n) is 5.35. The van der Waals surface area contributed by atoms with Crippen molar-refractivity contribution in [2.45, 2.75) is 6.92 Å². The van der Waals surface area contributed by atoms with E-state index in [1.54, 1.807) is 12.4 Å². The molecule has 4 nitrogen and oxygen atoms in total. The first-order valence-corrected chi connectivity index (χ1v) is 5.35. The van der Waals surface area contributed by atoms with Crippen LogP contribution in [0.3, 0.4) is 0 Å². The third kappa shape index (κ3) is 2.42. The molecule has 2 rings (SSSR count). The molecule has 0 saturated carbocycles. The molecule has 2 aromatic rings. The summed E-state index contributed by atoms with van der Waals surface area (Å²) in [4.78, 5) is 11.5. The lowest BCUT2D eigenvalue weighted by molar-refractivity contribution is 1.20. The van der Waals surface area contributed by atoms with E-state index in [2.05, 4.69) is 26.8 Å². The van der Waals surface area contributed by atoms with Crippen molar-refractivity contribution in [1.82, 2.24) is 15.0 Å². The van der Waals surface area contributed by atoms with E-state index in [-0.39, 0.29) is 0 Å². The van der Waals surface area contributed by atoms with Crippen LogP contribution in [-0.4, -0.2) is 15.0 Å². The fraction of sp³-hybridized carbons (Fsp3) is 0.0769. The molecule has 0 atom stereocenters. The van der Waals surface area contributed by atoms with Gasteiger partial charge in [0.05, 0.1) is 5.52 Å². The van der Waals surface area contributed by atoms with Gasteiger partial charge in [-0.05, 0) is 25.1 Å². The van der Waals surface area contributed by atoms with E-state index in [9.17, 15) is 0 Å². The molecule has 2 N–H and O–H groups in total. The average Bonchev–Trinajstić information content (AvgIpc) is 2.79. The lowest BCUT2D eigenvalue weighted by atomic mass is 10.3. The van der Waals surface area contributed by atoms with E-state index >= 15 is 0 Å². The average molecular weight is 226 g/mol. The topological polar surface area (TPSA) is 53.6 Å². The van der Waals surface area contributed by atoms with Crippen LogP contribution in [0.5, 0.6) is 0 Å². The van der Waals surface area contributed by atoms with Gasteiger partial charge in [-0.2, -0.15) is 0 Å². The predicted octanol–water partition coefficient (Wildman–Crippen LogP) is 3.02. The second-order valence-electron chi connectivity index (χ2n) is 3.44. The van der Waals surface area contributed by atoms with Crippen LogP contribution in [0.1, 0.15) is 6.92 Å². The quantitative estimate of drug-likeness (QED) is 0.788. The summed E-state index contributed by atoms with van der Waals surface area (Å²) < 4.78 is 0. The monoisotopic (exact) mass is 226 g/mol. The number of H-pyrrole nitrogens is 1. The second-order valence-corrected chi connectivity index (χ2v) is 3.44. The normalized spacial score (nSPS) is 12.2. The second kappa shape index (κ2) is 5.12. The molecule has 0 unspecified atom stereocenters. The van der Waals surface area contributed by atoms with Crippen LogP contribution in [0.4, 0.5) is 5.82 Å². The summed E-state index contributed by atoms with van der Waals surface area (Å²) in [6.45, 7) is 5.65. The number of hydrogen-bond donors (Lipinski definition) is 2. The number of allylic oxidation sites excluding steroid dienone is 4. The van der Waals surface area contributed by atoms with E-state index in [4.69, 9.17) is 0 Å². The summed E-state index contributed by atoms with van der Waals surface area (Å²) >= 11 is 0. The smallest absolute Gasteiger partial charge is 0.158 e. The Morgan fingerprint density at radius 2 is 2.35 bits per heavy atom. The number of anilines is 1. The molecule has 17 heavy (non-hydrogen) atoms. The first kappa shape index (κ1) is 11.1. The number of nitrogens with zero attached hydrogens (tertiary/aromatic N) is 2. The van der Waals surface area contributed by atoms with Crippen molar-refractivity contribution >= 4 is 16.9 Å². The summed E-state index contributed by atoms with van der Waals surface area (Å²) in [7, 11) is 0. The zero-order valence-corrected chi connectivity index (χ0v) is 9.64. The van der Waals surface area contributed by atoms with Gasteiger partial charge in [-0.25, -0.2) is 9.97 Å². The number of fused-ring (bicyclic) bond motifs is 1. The summed E-state index contributed by atoms with van der Waals surface area (Å²) in [6, 6.07) is 1.91. The third-order valence-corrected chi connectivity index (χ3v) is 2.25. The molecular weight excluding hydrogens is 212 g/mol. The molecule has 86 valence electrons. The Hall–Kier alpha value is -2.36. The van der Waals surface area contributed by atoms with Crippen LogP contribution in [0.25, 0.3) is 11.0 Å². The van der Waals surface area contributed by atoms with E-state index in [1.807, 2.05) is 37.4 Å². The van der Waals surface area contributed by atoms with Gasteiger partial charge in [0.15, 0.2) is 5.82 Å². The SMILES string of the molecule is C=C/C=C(\C=C/C)Nc1ncnc2cc[nH]c12. The number of aromatic nitrogens is 3. The maximum Gasteiger partial charge on any atom is 0.158 e. The minimum Gasteiger partial charge on any atom is -0.357 e. The number of aromatic amines is 1. The summed E-state index contributed by atoms with van der Waals surface area (Å²) in [5.74, 6) is 0.756. The van der Waals surface area contributed by atoms with Gasteiger partial charge < -0.3 is 10.3 Å². The molecule has 0 radical (unpaired) electrons. The Balaban J connectivity index is 2.37. The van der Waals surface area contributed by atoms with Crippen molar-refractivity contribution in [3.05, 3.63) is 55.2 Å². The van der Waals surface area contributed by atoms with Crippen LogP contribution in [0.15, 0.2) is 55.2 Å². The lowest BCUT2D eigenvalue weighted by Gasteiger charge is -2.06. The zero-order chi connectivity index (χ0) is 12.1. The molecule has 0 aromatic carbocycles. The first-order chi connectivity index (χ1) is 8.35. The van der Waals surface area contributed by atoms with Crippen molar-refractivity contribution in [1.29, 1.82) is 0 Å². The summed E-state index contributed by atoms with van der Waals surface area (Å²) in [5.41, 5.74) is 2.71. The highest BCUT2D eigenvalue weighted by Gasteiger charge is 2.04. The highest BCUT2D eigenvalue weighted by Crippen LogP contribution is 2.18. The standard InChI is InChI=1S/C13H14N4/c1-3-5-10(6-4-2)17-13-12-11(7-8-14-12)15-9-16-13/h3-9,14H,1H2,2H3,(H,15,16,17)/b6-4-,10-5+. The van der Waals surface area contributed by atoms with Crippen LogP contribution in [0.2, 0.25) is 0 Å². The van der Waals surface area contributed by atoms with E-state index in [1.165, 1.54) is 0 Å². The zero-order valence-electron chi connectivity index (χ0n) is 9.64. The lowest BCUT2D eigenvalue weighted by Crippen LogP contribution is -2.00. The molecule has 0 bridgehead atoms. The van der Waals surface area contributed by atoms with Crippen molar-refractivity contribution in [2.75, 3.05) is 5.32 Å². The molecule has 0 fully saturated rings. The maximum absolute atomic E-state index is 4.22. The van der Waals surface area contributed by atoms with Crippen molar-refractivity contribution in [3.63, 3.8) is 0 Å². The molecule has 4 heteroatoms. The van der Waals surface area contributed by atoms with Gasteiger partial charge in [0.1, 0.15) is 11.8 Å². The predicted molar refractivity (Wildman–Crippen MR) is 70.6 cm³/mol. The van der Waals surface area contributed by atoms with Gasteiger partial charge in [-0.15, -0.1) is 0 Å². The molecule has 2 aromatic heterocycles. The highest BCUT2D eigenvalue weighted by atomic mass is 15.0. The van der Waals surface area contributed by atoms with Crippen LogP contribution < -0.4 is 5.32 Å². The molecule has 0 aliphatic rings. The van der Waals surface area contributed by atoms with Crippen molar-refractivity contribution in [3.8, 4) is 0 Å². The van der Waals surface area contributed by atoms with Crippen LogP contribution in [0, 0.1) is 0 Å². The summed E-state index contributed by atoms with van der Waals surface area (Å²) in [5, 5.41) is 3.23. The van der Waals surface area contributed by atoms with Gasteiger partial charge in [0.2, 0.25) is 0 Å². The fourth-order valence-electron chi connectivity index (χ4n) is 1.55. The van der Waals surface area contributed by atoms with Gasteiger partial charge in [-0.3, -0.25) is 0 Å². The van der Waals surface area contributed by atoms with Gasteiger partial charge in [0, 0.05) is 11.9 Å².